The highest BCUT2D eigenvalue weighted by Gasteiger charge is 2.29. The Hall–Kier alpha value is -0.400. The van der Waals surface area contributed by atoms with Gasteiger partial charge in [0.05, 0.1) is 6.20 Å². The van der Waals surface area contributed by atoms with Crippen molar-refractivity contribution in [3.63, 3.8) is 0 Å². The van der Waals surface area contributed by atoms with Crippen molar-refractivity contribution in [2.45, 2.75) is 50.6 Å². The maximum absolute atomic E-state index is 12.2. The van der Waals surface area contributed by atoms with E-state index in [1.807, 2.05) is 20.8 Å². The van der Waals surface area contributed by atoms with Crippen molar-refractivity contribution in [3.05, 3.63) is 12.0 Å². The lowest BCUT2D eigenvalue weighted by molar-refractivity contribution is 0.392. The smallest absolute Gasteiger partial charge is 0.258 e. The van der Waals surface area contributed by atoms with Crippen LogP contribution in [0, 0.1) is 0 Å². The van der Waals surface area contributed by atoms with Crippen molar-refractivity contribution < 1.29 is 8.42 Å². The van der Waals surface area contributed by atoms with Gasteiger partial charge in [0.25, 0.3) is 10.0 Å². The average Bonchev–Trinajstić information content (AvgIpc) is 2.78. The van der Waals surface area contributed by atoms with E-state index in [0.717, 1.165) is 18.2 Å². The summed E-state index contributed by atoms with van der Waals surface area (Å²) in [6, 6.07) is 0. The molecule has 0 aliphatic heterocycles. The first kappa shape index (κ1) is 15.7. The van der Waals surface area contributed by atoms with Crippen molar-refractivity contribution in [1.29, 1.82) is 0 Å². The normalized spacial score (nSPS) is 15.6. The molecule has 1 aromatic heterocycles. The summed E-state index contributed by atoms with van der Waals surface area (Å²) >= 11 is 3.35. The second-order valence-electron chi connectivity index (χ2n) is 4.51. The van der Waals surface area contributed by atoms with Crippen LogP contribution in [-0.4, -0.2) is 29.3 Å². The largest absolute Gasteiger partial charge is 0.332 e. The summed E-state index contributed by atoms with van der Waals surface area (Å²) in [6.07, 6.45) is 3.51. The molecule has 0 radical (unpaired) electrons. The molecule has 0 aromatic carbocycles. The van der Waals surface area contributed by atoms with Crippen LogP contribution in [0.15, 0.2) is 11.2 Å². The van der Waals surface area contributed by atoms with Gasteiger partial charge in [-0.2, -0.15) is 0 Å². The predicted molar refractivity (Wildman–Crippen MR) is 75.4 cm³/mol. The first-order valence-corrected chi connectivity index (χ1v) is 8.61. The number of imidazole rings is 1. The quantitative estimate of drug-likeness (QED) is 0.749. The molecule has 0 fully saturated rings. The van der Waals surface area contributed by atoms with Crippen LogP contribution in [0.2, 0.25) is 0 Å². The number of aryl methyl sites for hydroxylation is 1. The van der Waals surface area contributed by atoms with Crippen molar-refractivity contribution in [3.8, 4) is 0 Å². The van der Waals surface area contributed by atoms with E-state index in [1.165, 1.54) is 6.20 Å². The second-order valence-corrected chi connectivity index (χ2v) is 6.95. The Morgan fingerprint density at radius 1 is 1.50 bits per heavy atom. The fourth-order valence-corrected chi connectivity index (χ4v) is 3.87. The topological polar surface area (TPSA) is 74.8 Å². The summed E-state index contributed by atoms with van der Waals surface area (Å²) in [7, 11) is -3.53. The zero-order chi connectivity index (χ0) is 13.8. The van der Waals surface area contributed by atoms with Gasteiger partial charge in [0.2, 0.25) is 0 Å². The molecule has 0 saturated carbocycles. The molecule has 0 bridgehead atoms. The van der Waals surface area contributed by atoms with Gasteiger partial charge in [-0.05, 0) is 19.8 Å². The molecule has 0 aliphatic carbocycles. The van der Waals surface area contributed by atoms with Gasteiger partial charge < -0.3 is 4.98 Å². The molecule has 0 saturated heterocycles. The third kappa shape index (κ3) is 3.80. The van der Waals surface area contributed by atoms with E-state index in [0.29, 0.717) is 12.2 Å². The maximum Gasteiger partial charge on any atom is 0.258 e. The number of H-pyrrole nitrogens is 1. The first-order chi connectivity index (χ1) is 8.37. The minimum atomic E-state index is -3.53. The first-order valence-electron chi connectivity index (χ1n) is 6.00. The van der Waals surface area contributed by atoms with E-state index in [1.54, 1.807) is 0 Å². The number of alkyl halides is 1. The highest BCUT2D eigenvalue weighted by atomic mass is 79.9. The fourth-order valence-electron chi connectivity index (χ4n) is 1.55. The number of sulfonamides is 1. The summed E-state index contributed by atoms with van der Waals surface area (Å²) in [4.78, 5) is 6.84. The van der Waals surface area contributed by atoms with Gasteiger partial charge >= 0.3 is 0 Å². The van der Waals surface area contributed by atoms with E-state index in [-0.39, 0.29) is 5.03 Å². The van der Waals surface area contributed by atoms with Crippen LogP contribution in [0.1, 0.15) is 39.4 Å². The van der Waals surface area contributed by atoms with Crippen LogP contribution in [0.3, 0.4) is 0 Å². The van der Waals surface area contributed by atoms with E-state index < -0.39 is 15.6 Å². The van der Waals surface area contributed by atoms with Gasteiger partial charge in [0.1, 0.15) is 5.82 Å². The number of hydrogen-bond donors (Lipinski definition) is 2. The van der Waals surface area contributed by atoms with E-state index >= 15 is 0 Å². The molecule has 0 aliphatic rings. The second kappa shape index (κ2) is 6.16. The molecule has 2 N–H and O–H groups in total. The summed E-state index contributed by atoms with van der Waals surface area (Å²) in [5.74, 6) is 0.675. The van der Waals surface area contributed by atoms with Crippen LogP contribution < -0.4 is 4.72 Å². The van der Waals surface area contributed by atoms with Gasteiger partial charge in [-0.3, -0.25) is 0 Å². The average molecular weight is 338 g/mol. The molecule has 1 unspecified atom stereocenters. The lowest BCUT2D eigenvalue weighted by atomic mass is 9.98. The monoisotopic (exact) mass is 337 g/mol. The van der Waals surface area contributed by atoms with Crippen LogP contribution >= 0.6 is 15.9 Å². The Morgan fingerprint density at radius 3 is 2.61 bits per heavy atom. The SMILES string of the molecule is CCc1ncc(S(=O)(=O)NC(C)(CC)CCBr)[nH]1. The zero-order valence-corrected chi connectivity index (χ0v) is 13.4. The Balaban J connectivity index is 2.93. The molecule has 18 heavy (non-hydrogen) atoms. The van der Waals surface area contributed by atoms with Crippen molar-refractivity contribution in [2.75, 3.05) is 5.33 Å². The van der Waals surface area contributed by atoms with Gasteiger partial charge in [-0.15, -0.1) is 0 Å². The number of halogens is 1. The number of nitrogens with one attached hydrogen (secondary N) is 2. The fraction of sp³-hybridized carbons (Fsp3) is 0.727. The Kier molecular flexibility index (Phi) is 5.36. The molecule has 104 valence electrons. The minimum Gasteiger partial charge on any atom is -0.332 e. The Bertz CT molecular complexity index is 486. The van der Waals surface area contributed by atoms with Crippen LogP contribution in [0.4, 0.5) is 0 Å². The molecule has 1 heterocycles. The van der Waals surface area contributed by atoms with Gasteiger partial charge in [0, 0.05) is 17.3 Å². The molecule has 5 nitrogen and oxygen atoms in total. The predicted octanol–water partition coefficient (Wildman–Crippen LogP) is 2.20. The highest BCUT2D eigenvalue weighted by Crippen LogP contribution is 2.19. The van der Waals surface area contributed by atoms with Crippen LogP contribution in [0.5, 0.6) is 0 Å². The standard InChI is InChI=1S/C11H20BrN3O2S/c1-4-9-13-8-10(14-9)18(16,17)15-11(3,5-2)6-7-12/h8,15H,4-7H2,1-3H3,(H,13,14). The van der Waals surface area contributed by atoms with Crippen molar-refractivity contribution in [1.82, 2.24) is 14.7 Å². The van der Waals surface area contributed by atoms with Crippen molar-refractivity contribution >= 4 is 26.0 Å². The number of aromatic nitrogens is 2. The number of hydrogen-bond acceptors (Lipinski definition) is 3. The number of aromatic amines is 1. The third-order valence-corrected chi connectivity index (χ3v) is 4.98. The third-order valence-electron chi connectivity index (χ3n) is 3.04. The summed E-state index contributed by atoms with van der Waals surface area (Å²) in [5, 5.41) is 0.886. The molecule has 0 amide bonds. The minimum absolute atomic E-state index is 0.133. The molecule has 1 rings (SSSR count). The maximum atomic E-state index is 12.2. The molecule has 7 heteroatoms. The van der Waals surface area contributed by atoms with Gasteiger partial charge in [0.15, 0.2) is 5.03 Å². The lowest BCUT2D eigenvalue weighted by Gasteiger charge is -2.28. The summed E-state index contributed by atoms with van der Waals surface area (Å²) in [5.41, 5.74) is -0.445. The van der Waals surface area contributed by atoms with E-state index in [9.17, 15) is 8.42 Å². The number of nitrogens with zero attached hydrogens (tertiary/aromatic N) is 1. The van der Waals surface area contributed by atoms with Crippen LogP contribution in [-0.2, 0) is 16.4 Å². The zero-order valence-electron chi connectivity index (χ0n) is 11.0. The Morgan fingerprint density at radius 2 is 2.17 bits per heavy atom. The van der Waals surface area contributed by atoms with Gasteiger partial charge in [-0.25, -0.2) is 18.1 Å². The highest BCUT2D eigenvalue weighted by molar-refractivity contribution is 9.09. The lowest BCUT2D eigenvalue weighted by Crippen LogP contribution is -2.45. The Labute approximate surface area is 117 Å². The molecule has 1 atom stereocenters. The molecular weight excluding hydrogens is 318 g/mol. The summed E-state index contributed by atoms with van der Waals surface area (Å²) in [6.45, 7) is 5.79. The van der Waals surface area contributed by atoms with Crippen LogP contribution in [0.25, 0.3) is 0 Å². The van der Waals surface area contributed by atoms with E-state index in [2.05, 4.69) is 30.6 Å². The molecule has 1 aromatic rings. The molecule has 0 spiro atoms. The number of rotatable bonds is 7. The molecular formula is C11H20BrN3O2S. The van der Waals surface area contributed by atoms with Crippen molar-refractivity contribution in [2.24, 2.45) is 0 Å². The van der Waals surface area contributed by atoms with Gasteiger partial charge in [-0.1, -0.05) is 29.8 Å². The van der Waals surface area contributed by atoms with E-state index in [4.69, 9.17) is 0 Å². The summed E-state index contributed by atoms with van der Waals surface area (Å²) < 4.78 is 27.2.